The summed E-state index contributed by atoms with van der Waals surface area (Å²) in [5, 5.41) is 0. The van der Waals surface area contributed by atoms with Crippen LogP contribution >= 0.6 is 0 Å². The number of ether oxygens (including phenoxy) is 2. The third-order valence-electron chi connectivity index (χ3n) is 6.19. The van der Waals surface area contributed by atoms with Gasteiger partial charge in [-0.1, -0.05) is 0 Å². The average molecular weight is 397 g/mol. The Labute approximate surface area is 149 Å². The number of alkyl halides is 3. The van der Waals surface area contributed by atoms with E-state index in [1.54, 1.807) is 0 Å². The molecule has 0 aromatic heterocycles. The highest BCUT2D eigenvalue weighted by Gasteiger charge is 2.59. The number of sulfonamides is 1. The van der Waals surface area contributed by atoms with E-state index in [1.165, 1.54) is 4.72 Å². The second kappa shape index (κ2) is 5.81. The standard InChI is InChI=1S/C16H22F3NO5S/c17-16(18,19)26(22,23)20-13(21)6-14-2-10-1-11(3-14)5-15(4-10,9-14)25-8-12-7-24-12/h10-12H,1-9H2,(H,20,21). The van der Waals surface area contributed by atoms with Crippen LogP contribution in [0.2, 0.25) is 0 Å². The maximum atomic E-state index is 12.5. The van der Waals surface area contributed by atoms with Crippen molar-refractivity contribution in [3.05, 3.63) is 0 Å². The van der Waals surface area contributed by atoms with Crippen LogP contribution in [0.15, 0.2) is 0 Å². The van der Waals surface area contributed by atoms with Gasteiger partial charge in [-0.15, -0.1) is 0 Å². The lowest BCUT2D eigenvalue weighted by atomic mass is 9.47. The lowest BCUT2D eigenvalue weighted by molar-refractivity contribution is -0.196. The predicted octanol–water partition coefficient (Wildman–Crippen LogP) is 2.10. The minimum Gasteiger partial charge on any atom is -0.372 e. The van der Waals surface area contributed by atoms with Gasteiger partial charge < -0.3 is 9.47 Å². The molecule has 0 radical (unpaired) electrons. The van der Waals surface area contributed by atoms with E-state index in [1.807, 2.05) is 0 Å². The lowest BCUT2D eigenvalue weighted by Crippen LogP contribution is -2.58. The van der Waals surface area contributed by atoms with E-state index >= 15 is 0 Å². The van der Waals surface area contributed by atoms with Gasteiger partial charge in [0.05, 0.1) is 18.8 Å². The molecular formula is C16H22F3NO5S. The molecule has 5 fully saturated rings. The molecule has 3 unspecified atom stereocenters. The fourth-order valence-corrected chi connectivity index (χ4v) is 6.25. The first kappa shape index (κ1) is 18.5. The molecular weight excluding hydrogens is 375 g/mol. The maximum absolute atomic E-state index is 12.5. The van der Waals surface area contributed by atoms with Crippen LogP contribution in [0.25, 0.3) is 0 Å². The van der Waals surface area contributed by atoms with Gasteiger partial charge in [0, 0.05) is 6.42 Å². The van der Waals surface area contributed by atoms with E-state index in [0.717, 1.165) is 32.1 Å². The van der Waals surface area contributed by atoms with Gasteiger partial charge >= 0.3 is 15.5 Å². The van der Waals surface area contributed by atoms with Gasteiger partial charge in [0.25, 0.3) is 0 Å². The summed E-state index contributed by atoms with van der Waals surface area (Å²) in [6.45, 7) is 1.19. The highest BCUT2D eigenvalue weighted by molar-refractivity contribution is 7.90. The quantitative estimate of drug-likeness (QED) is 0.694. The molecule has 5 rings (SSSR count). The monoisotopic (exact) mass is 397 g/mol. The van der Waals surface area contributed by atoms with Crippen LogP contribution in [-0.2, 0) is 24.3 Å². The highest BCUT2D eigenvalue weighted by Crippen LogP contribution is 2.64. The van der Waals surface area contributed by atoms with Crippen LogP contribution in [0.5, 0.6) is 0 Å². The van der Waals surface area contributed by atoms with Crippen molar-refractivity contribution in [3.8, 4) is 0 Å². The van der Waals surface area contributed by atoms with E-state index < -0.39 is 26.9 Å². The maximum Gasteiger partial charge on any atom is 0.516 e. The van der Waals surface area contributed by atoms with Crippen molar-refractivity contribution in [1.82, 2.24) is 4.72 Å². The van der Waals surface area contributed by atoms with Crippen molar-refractivity contribution in [3.63, 3.8) is 0 Å². The molecule has 0 spiro atoms. The smallest absolute Gasteiger partial charge is 0.372 e. The molecule has 0 aromatic carbocycles. The number of amides is 1. The highest BCUT2D eigenvalue weighted by atomic mass is 32.2. The molecule has 1 heterocycles. The van der Waals surface area contributed by atoms with Crippen molar-refractivity contribution in [2.75, 3.05) is 13.2 Å². The van der Waals surface area contributed by atoms with Crippen molar-refractivity contribution in [2.24, 2.45) is 17.3 Å². The Morgan fingerprint density at radius 3 is 2.35 bits per heavy atom. The Bertz CT molecular complexity index is 689. The van der Waals surface area contributed by atoms with Crippen LogP contribution < -0.4 is 4.72 Å². The number of rotatable bonds is 6. The molecule has 6 nitrogen and oxygen atoms in total. The summed E-state index contributed by atoms with van der Waals surface area (Å²) in [6, 6.07) is 0. The third-order valence-corrected chi connectivity index (χ3v) is 7.30. The first-order valence-electron chi connectivity index (χ1n) is 8.87. The zero-order chi connectivity index (χ0) is 18.8. The van der Waals surface area contributed by atoms with E-state index in [0.29, 0.717) is 31.5 Å². The molecule has 4 aliphatic carbocycles. The molecule has 4 saturated carbocycles. The average Bonchev–Trinajstić information content (AvgIpc) is 3.25. The van der Waals surface area contributed by atoms with Crippen molar-refractivity contribution >= 4 is 15.9 Å². The largest absolute Gasteiger partial charge is 0.516 e. The first-order valence-corrected chi connectivity index (χ1v) is 10.4. The SMILES string of the molecule is O=C(CC12CC3CC(C1)CC(OCC1CO1)(C3)C2)NS(=O)(=O)C(F)(F)F. The minimum absolute atomic E-state index is 0.124. The van der Waals surface area contributed by atoms with Gasteiger partial charge in [0.1, 0.15) is 6.10 Å². The second-order valence-electron chi connectivity index (χ2n) is 8.56. The third kappa shape index (κ3) is 3.47. The molecule has 148 valence electrons. The Hall–Kier alpha value is -0.870. The summed E-state index contributed by atoms with van der Waals surface area (Å²) in [5.41, 5.74) is -6.31. The number of halogens is 3. The van der Waals surface area contributed by atoms with Gasteiger partial charge in [-0.05, 0) is 55.8 Å². The van der Waals surface area contributed by atoms with Crippen LogP contribution in [0.1, 0.15) is 44.9 Å². The first-order chi connectivity index (χ1) is 12.0. The molecule has 3 atom stereocenters. The topological polar surface area (TPSA) is 85.0 Å². The van der Waals surface area contributed by atoms with Gasteiger partial charge in [-0.3, -0.25) is 4.79 Å². The molecule has 1 N–H and O–H groups in total. The fourth-order valence-electron chi connectivity index (χ4n) is 5.76. The molecule has 4 bridgehead atoms. The molecule has 1 saturated heterocycles. The number of carbonyl (C=O) groups excluding carboxylic acids is 1. The Morgan fingerprint density at radius 2 is 1.81 bits per heavy atom. The minimum atomic E-state index is -5.66. The summed E-state index contributed by atoms with van der Waals surface area (Å²) >= 11 is 0. The van der Waals surface area contributed by atoms with Crippen LogP contribution in [-0.4, -0.2) is 44.8 Å². The fraction of sp³-hybridized carbons (Fsp3) is 0.938. The Morgan fingerprint density at radius 1 is 1.19 bits per heavy atom. The van der Waals surface area contributed by atoms with Crippen molar-refractivity contribution in [1.29, 1.82) is 0 Å². The van der Waals surface area contributed by atoms with E-state index in [4.69, 9.17) is 9.47 Å². The molecule has 1 amide bonds. The van der Waals surface area contributed by atoms with Gasteiger partial charge in [-0.25, -0.2) is 4.72 Å². The zero-order valence-corrected chi connectivity index (χ0v) is 15.0. The summed E-state index contributed by atoms with van der Waals surface area (Å²) in [7, 11) is -5.66. The predicted molar refractivity (Wildman–Crippen MR) is 83.3 cm³/mol. The Kier molecular flexibility index (Phi) is 4.13. The summed E-state index contributed by atoms with van der Waals surface area (Å²) in [6.07, 6.45) is 4.86. The Balaban J connectivity index is 1.46. The van der Waals surface area contributed by atoms with Crippen LogP contribution in [0.4, 0.5) is 13.2 Å². The normalized spacial score (nSPS) is 41.3. The van der Waals surface area contributed by atoms with E-state index in [9.17, 15) is 26.4 Å². The number of epoxide rings is 1. The zero-order valence-electron chi connectivity index (χ0n) is 14.2. The van der Waals surface area contributed by atoms with E-state index in [-0.39, 0.29) is 18.1 Å². The van der Waals surface area contributed by atoms with Crippen molar-refractivity contribution < 1.29 is 35.9 Å². The van der Waals surface area contributed by atoms with Crippen molar-refractivity contribution in [2.45, 2.75) is 62.2 Å². The molecule has 26 heavy (non-hydrogen) atoms. The number of carbonyl (C=O) groups is 1. The molecule has 10 heteroatoms. The molecule has 1 aliphatic heterocycles. The summed E-state index contributed by atoms with van der Waals surface area (Å²) < 4.78 is 72.5. The summed E-state index contributed by atoms with van der Waals surface area (Å²) in [4.78, 5) is 12.1. The van der Waals surface area contributed by atoms with Crippen LogP contribution in [0, 0.1) is 17.3 Å². The molecule has 5 aliphatic rings. The van der Waals surface area contributed by atoms with Gasteiger partial charge in [0.15, 0.2) is 0 Å². The van der Waals surface area contributed by atoms with Gasteiger partial charge in [-0.2, -0.15) is 21.6 Å². The lowest BCUT2D eigenvalue weighted by Gasteiger charge is -2.61. The number of nitrogens with one attached hydrogen (secondary N) is 1. The van der Waals surface area contributed by atoms with E-state index in [2.05, 4.69) is 0 Å². The number of hydrogen-bond donors (Lipinski definition) is 1. The van der Waals surface area contributed by atoms with Crippen LogP contribution in [0.3, 0.4) is 0 Å². The number of hydrogen-bond acceptors (Lipinski definition) is 5. The molecule has 0 aromatic rings. The second-order valence-corrected chi connectivity index (χ2v) is 10.2. The summed E-state index contributed by atoms with van der Waals surface area (Å²) in [5.74, 6) is -0.322. The van der Waals surface area contributed by atoms with Gasteiger partial charge in [0.2, 0.25) is 5.91 Å².